The number of benzene rings is 2. The molecule has 3 aromatic rings. The van der Waals surface area contributed by atoms with Gasteiger partial charge in [-0.25, -0.2) is 4.98 Å². The average Bonchev–Trinajstić information content (AvgIpc) is 3.25. The molecule has 2 amide bonds. The van der Waals surface area contributed by atoms with Crippen molar-refractivity contribution >= 4 is 11.8 Å². The van der Waals surface area contributed by atoms with Crippen molar-refractivity contribution in [2.24, 2.45) is 0 Å². The normalized spacial score (nSPS) is 18.4. The van der Waals surface area contributed by atoms with E-state index >= 15 is 0 Å². The van der Waals surface area contributed by atoms with E-state index in [1.807, 2.05) is 50.2 Å². The number of ether oxygens (including phenoxy) is 1. The van der Waals surface area contributed by atoms with Gasteiger partial charge in [0.15, 0.2) is 12.0 Å². The van der Waals surface area contributed by atoms with Crippen molar-refractivity contribution in [2.45, 2.75) is 38.8 Å². The van der Waals surface area contributed by atoms with Gasteiger partial charge in [0, 0.05) is 19.0 Å². The number of rotatable bonds is 6. The number of nitrogens with zero attached hydrogens (tertiary/aromatic N) is 2. The van der Waals surface area contributed by atoms with Gasteiger partial charge in [-0.2, -0.15) is 0 Å². The van der Waals surface area contributed by atoms with Crippen molar-refractivity contribution in [1.82, 2.24) is 15.2 Å². The van der Waals surface area contributed by atoms with Crippen LogP contribution in [0, 0.1) is 6.92 Å². The Morgan fingerprint density at radius 3 is 2.58 bits per heavy atom. The van der Waals surface area contributed by atoms with E-state index in [-0.39, 0.29) is 36.8 Å². The molecule has 1 fully saturated rings. The molecule has 1 aliphatic rings. The summed E-state index contributed by atoms with van der Waals surface area (Å²) in [6.07, 6.45) is 1.60. The Bertz CT molecular complexity index is 1130. The lowest BCUT2D eigenvalue weighted by atomic mass is 9.89. The minimum Gasteiger partial charge on any atom is -0.438 e. The fourth-order valence-corrected chi connectivity index (χ4v) is 4.15. The SMILES string of the molecule is Cc1ncoc1C(=O)N1CCOC(Cc2cccc(-c3ccccc3)c2)(C(=O)NC(C)C)C1. The third kappa shape index (κ3) is 4.98. The summed E-state index contributed by atoms with van der Waals surface area (Å²) < 4.78 is 11.5. The first-order chi connectivity index (χ1) is 15.9. The van der Waals surface area contributed by atoms with Gasteiger partial charge in [0.05, 0.1) is 18.8 Å². The molecule has 0 spiro atoms. The predicted molar refractivity (Wildman–Crippen MR) is 125 cm³/mol. The Morgan fingerprint density at radius 1 is 1.12 bits per heavy atom. The van der Waals surface area contributed by atoms with Crippen LogP contribution in [0.15, 0.2) is 65.4 Å². The van der Waals surface area contributed by atoms with Crippen molar-refractivity contribution in [3.8, 4) is 11.1 Å². The molecule has 1 saturated heterocycles. The van der Waals surface area contributed by atoms with Crippen LogP contribution in [0.2, 0.25) is 0 Å². The molecule has 1 atom stereocenters. The third-order valence-electron chi connectivity index (χ3n) is 5.77. The molecule has 1 N–H and O–H groups in total. The van der Waals surface area contributed by atoms with Gasteiger partial charge in [-0.05, 0) is 37.5 Å². The highest BCUT2D eigenvalue weighted by Crippen LogP contribution is 2.28. The van der Waals surface area contributed by atoms with Crippen molar-refractivity contribution in [3.05, 3.63) is 78.0 Å². The number of aromatic nitrogens is 1. The maximum Gasteiger partial charge on any atom is 0.291 e. The van der Waals surface area contributed by atoms with Crippen molar-refractivity contribution < 1.29 is 18.7 Å². The number of hydrogen-bond donors (Lipinski definition) is 1. The first-order valence-electron chi connectivity index (χ1n) is 11.2. The number of amides is 2. The summed E-state index contributed by atoms with van der Waals surface area (Å²) in [6.45, 7) is 6.30. The molecule has 4 rings (SSSR count). The van der Waals surface area contributed by atoms with Gasteiger partial charge < -0.3 is 19.4 Å². The molecule has 0 aliphatic carbocycles. The zero-order chi connectivity index (χ0) is 23.4. The van der Waals surface area contributed by atoms with Crippen LogP contribution in [0.1, 0.15) is 35.7 Å². The van der Waals surface area contributed by atoms with Crippen LogP contribution in [0.4, 0.5) is 0 Å². The zero-order valence-electron chi connectivity index (χ0n) is 19.2. The summed E-state index contributed by atoms with van der Waals surface area (Å²) in [5, 5.41) is 2.99. The Labute approximate surface area is 193 Å². The summed E-state index contributed by atoms with van der Waals surface area (Å²) in [7, 11) is 0. The molecule has 2 heterocycles. The van der Waals surface area contributed by atoms with Crippen LogP contribution in [0.25, 0.3) is 11.1 Å². The van der Waals surface area contributed by atoms with Gasteiger partial charge in [-0.3, -0.25) is 9.59 Å². The fraction of sp³-hybridized carbons (Fsp3) is 0.346. The maximum absolute atomic E-state index is 13.4. The Morgan fingerprint density at radius 2 is 1.88 bits per heavy atom. The number of hydrogen-bond acceptors (Lipinski definition) is 5. The molecule has 172 valence electrons. The fourth-order valence-electron chi connectivity index (χ4n) is 4.15. The van der Waals surface area contributed by atoms with Gasteiger partial charge >= 0.3 is 0 Å². The molecular formula is C26H29N3O4. The first kappa shape index (κ1) is 22.7. The molecule has 0 saturated carbocycles. The average molecular weight is 448 g/mol. The molecular weight excluding hydrogens is 418 g/mol. The molecule has 7 nitrogen and oxygen atoms in total. The van der Waals surface area contributed by atoms with E-state index in [0.717, 1.165) is 16.7 Å². The highest BCUT2D eigenvalue weighted by molar-refractivity contribution is 5.94. The molecule has 1 unspecified atom stereocenters. The topological polar surface area (TPSA) is 84.7 Å². The molecule has 2 aromatic carbocycles. The Balaban J connectivity index is 1.64. The summed E-state index contributed by atoms with van der Waals surface area (Å²) in [5.41, 5.74) is 2.44. The van der Waals surface area contributed by atoms with Crippen LogP contribution in [-0.4, -0.2) is 53.0 Å². The highest BCUT2D eigenvalue weighted by atomic mass is 16.5. The van der Waals surface area contributed by atoms with Crippen molar-refractivity contribution in [1.29, 1.82) is 0 Å². The Hall–Kier alpha value is -3.45. The van der Waals surface area contributed by atoms with E-state index in [4.69, 9.17) is 9.15 Å². The van der Waals surface area contributed by atoms with Gasteiger partial charge in [-0.15, -0.1) is 0 Å². The molecule has 0 bridgehead atoms. The number of oxazole rings is 1. The summed E-state index contributed by atoms with van der Waals surface area (Å²) >= 11 is 0. The minimum atomic E-state index is -1.21. The summed E-state index contributed by atoms with van der Waals surface area (Å²) in [6, 6.07) is 18.1. The number of carbonyl (C=O) groups excluding carboxylic acids is 2. The smallest absolute Gasteiger partial charge is 0.291 e. The third-order valence-corrected chi connectivity index (χ3v) is 5.77. The van der Waals surface area contributed by atoms with Crippen molar-refractivity contribution in [3.63, 3.8) is 0 Å². The van der Waals surface area contributed by atoms with Crippen molar-refractivity contribution in [2.75, 3.05) is 19.7 Å². The summed E-state index contributed by atoms with van der Waals surface area (Å²) in [5.74, 6) is -0.316. The van der Waals surface area contributed by atoms with Crippen LogP contribution in [0.3, 0.4) is 0 Å². The van der Waals surface area contributed by atoms with Gasteiger partial charge in [-0.1, -0.05) is 54.6 Å². The second kappa shape index (κ2) is 9.58. The zero-order valence-corrected chi connectivity index (χ0v) is 19.2. The number of aryl methyl sites for hydroxylation is 1. The Kier molecular flexibility index (Phi) is 6.60. The largest absolute Gasteiger partial charge is 0.438 e. The highest BCUT2D eigenvalue weighted by Gasteiger charge is 2.46. The predicted octanol–water partition coefficient (Wildman–Crippen LogP) is 3.63. The van der Waals surface area contributed by atoms with E-state index in [9.17, 15) is 9.59 Å². The second-order valence-electron chi connectivity index (χ2n) is 8.71. The molecule has 33 heavy (non-hydrogen) atoms. The van der Waals surface area contributed by atoms with E-state index in [1.54, 1.807) is 11.8 Å². The molecule has 7 heteroatoms. The summed E-state index contributed by atoms with van der Waals surface area (Å²) in [4.78, 5) is 32.2. The van der Waals surface area contributed by atoms with Crippen LogP contribution in [-0.2, 0) is 16.0 Å². The number of morpholine rings is 1. The standard InChI is InChI=1S/C26H29N3O4/c1-18(2)28-25(31)26(15-20-8-7-11-22(14-20)21-9-5-4-6-10-21)16-29(12-13-33-26)24(30)23-19(3)27-17-32-23/h4-11,14,17-18H,12-13,15-16H2,1-3H3,(H,28,31). The van der Waals surface area contributed by atoms with Gasteiger partial charge in [0.2, 0.25) is 5.76 Å². The van der Waals surface area contributed by atoms with Crippen LogP contribution in [0.5, 0.6) is 0 Å². The lowest BCUT2D eigenvalue weighted by Gasteiger charge is -2.41. The van der Waals surface area contributed by atoms with E-state index in [0.29, 0.717) is 18.7 Å². The quantitative estimate of drug-likeness (QED) is 0.624. The lowest BCUT2D eigenvalue weighted by molar-refractivity contribution is -0.157. The lowest BCUT2D eigenvalue weighted by Crippen LogP contribution is -2.62. The number of carbonyl (C=O) groups is 2. The van der Waals surface area contributed by atoms with Crippen LogP contribution >= 0.6 is 0 Å². The molecule has 1 aliphatic heterocycles. The monoisotopic (exact) mass is 447 g/mol. The minimum absolute atomic E-state index is 0.0591. The van der Waals surface area contributed by atoms with Gasteiger partial charge in [0.25, 0.3) is 11.8 Å². The van der Waals surface area contributed by atoms with E-state index in [1.165, 1.54) is 6.39 Å². The van der Waals surface area contributed by atoms with Crippen LogP contribution < -0.4 is 5.32 Å². The van der Waals surface area contributed by atoms with E-state index in [2.05, 4.69) is 28.5 Å². The van der Waals surface area contributed by atoms with E-state index < -0.39 is 5.60 Å². The molecule has 0 radical (unpaired) electrons. The second-order valence-corrected chi connectivity index (χ2v) is 8.71. The maximum atomic E-state index is 13.4. The number of nitrogens with one attached hydrogen (secondary N) is 1. The molecule has 1 aromatic heterocycles. The van der Waals surface area contributed by atoms with Gasteiger partial charge in [0.1, 0.15) is 0 Å². The first-order valence-corrected chi connectivity index (χ1v) is 11.2.